The third kappa shape index (κ3) is 5.25. The standard InChI is InChI=1S/C21H28N2O4S/c1-6-20(17-10-12-19(27-4)13-11-17)22-21(24)16(3)23(28(5,25)26)18-9-7-8-15(2)14-18/h7-14,16,20H,6H2,1-5H3,(H,22,24)/t16-,20+/m1/s1. The Morgan fingerprint density at radius 3 is 2.32 bits per heavy atom. The van der Waals surface area contributed by atoms with Crippen molar-refractivity contribution in [3.05, 3.63) is 59.7 Å². The fourth-order valence-corrected chi connectivity index (χ4v) is 4.29. The van der Waals surface area contributed by atoms with Crippen LogP contribution in [0.1, 0.15) is 37.4 Å². The molecule has 0 aliphatic heterocycles. The lowest BCUT2D eigenvalue weighted by molar-refractivity contribution is -0.122. The summed E-state index contributed by atoms with van der Waals surface area (Å²) in [5.74, 6) is 0.385. The molecule has 0 fully saturated rings. The molecule has 0 saturated heterocycles. The van der Waals surface area contributed by atoms with Crippen LogP contribution in [0.4, 0.5) is 5.69 Å². The average Bonchev–Trinajstić information content (AvgIpc) is 2.65. The van der Waals surface area contributed by atoms with E-state index in [1.807, 2.05) is 44.2 Å². The zero-order chi connectivity index (χ0) is 20.9. The van der Waals surface area contributed by atoms with Gasteiger partial charge in [-0.2, -0.15) is 0 Å². The predicted octanol–water partition coefficient (Wildman–Crippen LogP) is 3.43. The number of hydrogen-bond acceptors (Lipinski definition) is 4. The van der Waals surface area contributed by atoms with Crippen molar-refractivity contribution >= 4 is 21.6 Å². The highest BCUT2D eigenvalue weighted by Gasteiger charge is 2.30. The quantitative estimate of drug-likeness (QED) is 0.731. The first-order valence-corrected chi connectivity index (χ1v) is 11.0. The molecule has 0 aliphatic carbocycles. The number of hydrogen-bond donors (Lipinski definition) is 1. The molecule has 0 spiro atoms. The topological polar surface area (TPSA) is 75.7 Å². The summed E-state index contributed by atoms with van der Waals surface area (Å²) in [4.78, 5) is 12.9. The largest absolute Gasteiger partial charge is 0.497 e. The molecule has 7 heteroatoms. The zero-order valence-corrected chi connectivity index (χ0v) is 17.8. The van der Waals surface area contributed by atoms with E-state index in [-0.39, 0.29) is 11.9 Å². The molecule has 2 aromatic carbocycles. The number of carbonyl (C=O) groups excluding carboxylic acids is 1. The van der Waals surface area contributed by atoms with E-state index in [1.165, 1.54) is 0 Å². The number of ether oxygens (including phenoxy) is 1. The van der Waals surface area contributed by atoms with Gasteiger partial charge in [-0.1, -0.05) is 31.2 Å². The summed E-state index contributed by atoms with van der Waals surface area (Å²) in [5, 5.41) is 2.97. The van der Waals surface area contributed by atoms with Crippen LogP contribution < -0.4 is 14.4 Å². The van der Waals surface area contributed by atoms with Crippen molar-refractivity contribution in [1.82, 2.24) is 5.32 Å². The van der Waals surface area contributed by atoms with Crippen molar-refractivity contribution in [3.63, 3.8) is 0 Å². The molecular formula is C21H28N2O4S. The first-order chi connectivity index (χ1) is 13.2. The van der Waals surface area contributed by atoms with E-state index in [9.17, 15) is 13.2 Å². The number of amides is 1. The van der Waals surface area contributed by atoms with Gasteiger partial charge in [-0.3, -0.25) is 9.10 Å². The van der Waals surface area contributed by atoms with E-state index in [4.69, 9.17) is 4.74 Å². The van der Waals surface area contributed by atoms with Gasteiger partial charge in [0.25, 0.3) is 0 Å². The summed E-state index contributed by atoms with van der Waals surface area (Å²) in [7, 11) is -2.04. The third-order valence-corrected chi connectivity index (χ3v) is 5.83. The van der Waals surface area contributed by atoms with Crippen LogP contribution in [0.25, 0.3) is 0 Å². The molecule has 0 aromatic heterocycles. The number of nitrogens with zero attached hydrogens (tertiary/aromatic N) is 1. The van der Waals surface area contributed by atoms with Gasteiger partial charge in [-0.05, 0) is 55.7 Å². The Labute approximate surface area is 167 Å². The van der Waals surface area contributed by atoms with Gasteiger partial charge in [0.15, 0.2) is 0 Å². The number of anilines is 1. The van der Waals surface area contributed by atoms with Gasteiger partial charge in [0, 0.05) is 0 Å². The van der Waals surface area contributed by atoms with E-state index >= 15 is 0 Å². The average molecular weight is 405 g/mol. The minimum Gasteiger partial charge on any atom is -0.497 e. The maximum atomic E-state index is 12.9. The summed E-state index contributed by atoms with van der Waals surface area (Å²) >= 11 is 0. The molecule has 152 valence electrons. The number of benzene rings is 2. The molecule has 1 amide bonds. The van der Waals surface area contributed by atoms with Gasteiger partial charge in [0.2, 0.25) is 15.9 Å². The second-order valence-corrected chi connectivity index (χ2v) is 8.68. The van der Waals surface area contributed by atoms with Gasteiger partial charge in [-0.25, -0.2) is 8.42 Å². The van der Waals surface area contributed by atoms with Gasteiger partial charge < -0.3 is 10.1 Å². The van der Waals surface area contributed by atoms with Crippen LogP contribution in [0.2, 0.25) is 0 Å². The van der Waals surface area contributed by atoms with Crippen molar-refractivity contribution in [2.45, 2.75) is 39.3 Å². The van der Waals surface area contributed by atoms with E-state index in [2.05, 4.69) is 5.32 Å². The van der Waals surface area contributed by atoms with E-state index in [1.54, 1.807) is 32.2 Å². The summed E-state index contributed by atoms with van der Waals surface area (Å²) in [6, 6.07) is 13.5. The molecule has 0 aliphatic rings. The summed E-state index contributed by atoms with van der Waals surface area (Å²) in [6.07, 6.45) is 1.79. The van der Waals surface area contributed by atoms with Crippen LogP contribution >= 0.6 is 0 Å². The summed E-state index contributed by atoms with van der Waals surface area (Å²) in [6.45, 7) is 5.44. The zero-order valence-electron chi connectivity index (χ0n) is 17.0. The van der Waals surface area contributed by atoms with Crippen LogP contribution in [-0.2, 0) is 14.8 Å². The highest BCUT2D eigenvalue weighted by Crippen LogP contribution is 2.24. The van der Waals surface area contributed by atoms with Crippen LogP contribution in [0.5, 0.6) is 5.75 Å². The highest BCUT2D eigenvalue weighted by atomic mass is 32.2. The number of aryl methyl sites for hydroxylation is 1. The molecule has 0 saturated carbocycles. The van der Waals surface area contributed by atoms with Gasteiger partial charge in [-0.15, -0.1) is 0 Å². The predicted molar refractivity (Wildman–Crippen MR) is 112 cm³/mol. The van der Waals surface area contributed by atoms with Crippen LogP contribution in [0, 0.1) is 6.92 Å². The lowest BCUT2D eigenvalue weighted by atomic mass is 10.0. The molecule has 0 radical (unpaired) electrons. The van der Waals surface area contributed by atoms with Crippen LogP contribution in [0.15, 0.2) is 48.5 Å². The first kappa shape index (κ1) is 21.8. The second kappa shape index (κ2) is 9.10. The minimum absolute atomic E-state index is 0.222. The molecule has 2 rings (SSSR count). The first-order valence-electron chi connectivity index (χ1n) is 9.17. The minimum atomic E-state index is -3.64. The molecule has 0 heterocycles. The van der Waals surface area contributed by atoms with Crippen molar-refractivity contribution in [2.75, 3.05) is 17.7 Å². The molecule has 2 aromatic rings. The SMILES string of the molecule is CC[C@H](NC(=O)[C@@H](C)N(c1cccc(C)c1)S(C)(=O)=O)c1ccc(OC)cc1. The van der Waals surface area contributed by atoms with Crippen LogP contribution in [0.3, 0.4) is 0 Å². The lowest BCUT2D eigenvalue weighted by Gasteiger charge is -2.30. The highest BCUT2D eigenvalue weighted by molar-refractivity contribution is 7.92. The molecular weight excluding hydrogens is 376 g/mol. The summed E-state index contributed by atoms with van der Waals surface area (Å²) < 4.78 is 31.2. The number of nitrogens with one attached hydrogen (secondary N) is 1. The Kier molecular flexibility index (Phi) is 7.07. The molecule has 6 nitrogen and oxygen atoms in total. The second-order valence-electron chi connectivity index (χ2n) is 6.82. The molecule has 28 heavy (non-hydrogen) atoms. The van der Waals surface area contributed by atoms with Crippen molar-refractivity contribution in [3.8, 4) is 5.75 Å². The Hall–Kier alpha value is -2.54. The van der Waals surface area contributed by atoms with Crippen molar-refractivity contribution < 1.29 is 17.9 Å². The van der Waals surface area contributed by atoms with Crippen molar-refractivity contribution in [1.29, 1.82) is 0 Å². The smallest absolute Gasteiger partial charge is 0.244 e. The van der Waals surface area contributed by atoms with Gasteiger partial charge >= 0.3 is 0 Å². The fourth-order valence-electron chi connectivity index (χ4n) is 3.12. The van der Waals surface area contributed by atoms with Crippen LogP contribution in [-0.4, -0.2) is 33.7 Å². The Morgan fingerprint density at radius 1 is 1.18 bits per heavy atom. The Balaban J connectivity index is 2.26. The Bertz CT molecular complexity index is 910. The van der Waals surface area contributed by atoms with E-state index < -0.39 is 16.1 Å². The number of rotatable bonds is 8. The Morgan fingerprint density at radius 2 is 1.82 bits per heavy atom. The lowest BCUT2D eigenvalue weighted by Crippen LogP contribution is -2.48. The third-order valence-electron chi connectivity index (χ3n) is 4.59. The number of methoxy groups -OCH3 is 1. The maximum absolute atomic E-state index is 12.9. The van der Waals surface area contributed by atoms with E-state index in [0.717, 1.165) is 27.4 Å². The number of carbonyl (C=O) groups is 1. The number of sulfonamides is 1. The van der Waals surface area contributed by atoms with Gasteiger partial charge in [0.1, 0.15) is 11.8 Å². The molecule has 0 bridgehead atoms. The van der Waals surface area contributed by atoms with Gasteiger partial charge in [0.05, 0.1) is 25.1 Å². The molecule has 0 unspecified atom stereocenters. The molecule has 1 N–H and O–H groups in total. The maximum Gasteiger partial charge on any atom is 0.244 e. The summed E-state index contributed by atoms with van der Waals surface area (Å²) in [5.41, 5.74) is 2.33. The van der Waals surface area contributed by atoms with E-state index in [0.29, 0.717) is 12.1 Å². The van der Waals surface area contributed by atoms with Crippen molar-refractivity contribution in [2.24, 2.45) is 0 Å². The normalized spacial score (nSPS) is 13.5. The molecule has 2 atom stereocenters. The fraction of sp³-hybridized carbons (Fsp3) is 0.381. The monoisotopic (exact) mass is 404 g/mol.